The van der Waals surface area contributed by atoms with Crippen LogP contribution in [0.2, 0.25) is 0 Å². The second kappa shape index (κ2) is 8.83. The number of benzene rings is 2. The van der Waals surface area contributed by atoms with Crippen LogP contribution in [0.4, 0.5) is 10.1 Å². The van der Waals surface area contributed by atoms with Crippen molar-refractivity contribution in [1.82, 2.24) is 24.9 Å². The van der Waals surface area contributed by atoms with Crippen molar-refractivity contribution < 1.29 is 9.18 Å². The van der Waals surface area contributed by atoms with E-state index in [1.54, 1.807) is 28.9 Å². The summed E-state index contributed by atoms with van der Waals surface area (Å²) in [6.45, 7) is 1.87. The molecule has 2 aromatic carbocycles. The van der Waals surface area contributed by atoms with Gasteiger partial charge in [-0.2, -0.15) is 0 Å². The molecule has 0 atom stereocenters. The zero-order chi connectivity index (χ0) is 23.8. The van der Waals surface area contributed by atoms with Gasteiger partial charge in [-0.15, -0.1) is 5.10 Å². The minimum Gasteiger partial charge on any atom is -0.321 e. The molecule has 0 radical (unpaired) electrons. The summed E-state index contributed by atoms with van der Waals surface area (Å²) in [4.78, 5) is 32.1. The number of fused-ring (bicyclic) bond motifs is 1. The Morgan fingerprint density at radius 1 is 1.12 bits per heavy atom. The summed E-state index contributed by atoms with van der Waals surface area (Å²) < 4.78 is 15.2. The van der Waals surface area contributed by atoms with E-state index < -0.39 is 0 Å². The number of halogens is 1. The molecule has 0 spiro atoms. The van der Waals surface area contributed by atoms with Crippen LogP contribution >= 0.6 is 0 Å². The summed E-state index contributed by atoms with van der Waals surface area (Å²) >= 11 is 0. The molecule has 1 aliphatic heterocycles. The van der Waals surface area contributed by atoms with E-state index in [0.29, 0.717) is 22.2 Å². The highest BCUT2D eigenvalue weighted by atomic mass is 19.1. The van der Waals surface area contributed by atoms with Gasteiger partial charge in [0.05, 0.1) is 17.4 Å². The molecule has 0 saturated carbocycles. The fourth-order valence-corrected chi connectivity index (χ4v) is 4.37. The molecule has 5 rings (SSSR count). The van der Waals surface area contributed by atoms with E-state index in [0.717, 1.165) is 37.3 Å². The van der Waals surface area contributed by atoms with E-state index in [1.165, 1.54) is 18.2 Å². The largest absolute Gasteiger partial charge is 0.321 e. The van der Waals surface area contributed by atoms with Crippen LogP contribution in [0.3, 0.4) is 0 Å². The van der Waals surface area contributed by atoms with Crippen molar-refractivity contribution >= 4 is 22.5 Å². The van der Waals surface area contributed by atoms with Crippen LogP contribution in [-0.2, 0) is 4.79 Å². The minimum absolute atomic E-state index is 0.0484. The summed E-state index contributed by atoms with van der Waals surface area (Å²) in [6.07, 6.45) is 3.40. The first-order valence-electron chi connectivity index (χ1n) is 11.2. The highest BCUT2D eigenvalue weighted by molar-refractivity contribution is 5.94. The van der Waals surface area contributed by atoms with Gasteiger partial charge in [0.2, 0.25) is 5.91 Å². The van der Waals surface area contributed by atoms with Gasteiger partial charge < -0.3 is 14.8 Å². The van der Waals surface area contributed by atoms with Crippen LogP contribution in [0.1, 0.15) is 12.8 Å². The number of piperidine rings is 1. The molecule has 8 nitrogen and oxygen atoms in total. The van der Waals surface area contributed by atoms with Gasteiger partial charge in [-0.1, -0.05) is 5.21 Å². The highest BCUT2D eigenvalue weighted by Gasteiger charge is 2.26. The minimum atomic E-state index is -0.381. The Labute approximate surface area is 195 Å². The van der Waals surface area contributed by atoms with Crippen molar-refractivity contribution in [2.24, 2.45) is 5.92 Å². The van der Waals surface area contributed by atoms with E-state index in [-0.39, 0.29) is 23.2 Å². The molecular weight excluding hydrogens is 435 g/mol. The number of hydrogen-bond donors (Lipinski definition) is 1. The number of rotatable bonds is 4. The van der Waals surface area contributed by atoms with Gasteiger partial charge in [0, 0.05) is 29.6 Å². The highest BCUT2D eigenvalue weighted by Crippen LogP contribution is 2.24. The molecule has 34 heavy (non-hydrogen) atoms. The molecular formula is C25H25FN6O2. The number of amides is 1. The lowest BCUT2D eigenvalue weighted by Crippen LogP contribution is -2.39. The molecule has 1 saturated heterocycles. The number of hydrogen-bond acceptors (Lipinski definition) is 5. The number of nitrogens with zero attached hydrogens (tertiary/aromatic N) is 5. The lowest BCUT2D eigenvalue weighted by molar-refractivity contribution is -0.123. The number of aromatic amines is 1. The monoisotopic (exact) mass is 460 g/mol. The average molecular weight is 461 g/mol. The maximum Gasteiger partial charge on any atom is 0.258 e. The van der Waals surface area contributed by atoms with Gasteiger partial charge in [0.15, 0.2) is 0 Å². The number of carbonyl (C=O) groups excluding carboxylic acids is 1. The molecule has 174 valence electrons. The Kier molecular flexibility index (Phi) is 5.70. The van der Waals surface area contributed by atoms with Crippen LogP contribution < -0.4 is 10.5 Å². The van der Waals surface area contributed by atoms with E-state index >= 15 is 0 Å². The van der Waals surface area contributed by atoms with Crippen molar-refractivity contribution in [3.05, 3.63) is 70.9 Å². The van der Waals surface area contributed by atoms with Crippen molar-refractivity contribution in [3.63, 3.8) is 0 Å². The Morgan fingerprint density at radius 2 is 1.85 bits per heavy atom. The maximum atomic E-state index is 13.6. The van der Waals surface area contributed by atoms with Gasteiger partial charge in [-0.3, -0.25) is 9.59 Å². The predicted molar refractivity (Wildman–Crippen MR) is 129 cm³/mol. The number of anilines is 1. The van der Waals surface area contributed by atoms with Crippen LogP contribution in [0.25, 0.3) is 27.8 Å². The summed E-state index contributed by atoms with van der Waals surface area (Å²) in [5, 5.41) is 8.86. The Morgan fingerprint density at radius 3 is 2.59 bits per heavy atom. The van der Waals surface area contributed by atoms with Crippen molar-refractivity contribution in [2.75, 3.05) is 32.1 Å². The smallest absolute Gasteiger partial charge is 0.258 e. The van der Waals surface area contributed by atoms with Gasteiger partial charge >= 0.3 is 0 Å². The van der Waals surface area contributed by atoms with E-state index in [4.69, 9.17) is 0 Å². The quantitative estimate of drug-likeness (QED) is 0.505. The van der Waals surface area contributed by atoms with Gasteiger partial charge in [-0.25, -0.2) is 9.07 Å². The fourth-order valence-electron chi connectivity index (χ4n) is 4.37. The van der Waals surface area contributed by atoms with Crippen molar-refractivity contribution in [2.45, 2.75) is 12.8 Å². The summed E-state index contributed by atoms with van der Waals surface area (Å²) in [5.41, 5.74) is 2.47. The molecule has 0 aliphatic carbocycles. The molecule has 4 aromatic rings. The number of likely N-dealkylation sites (tertiary alicyclic amines) is 1. The molecule has 3 heterocycles. The van der Waals surface area contributed by atoms with E-state index in [9.17, 15) is 14.0 Å². The average Bonchev–Trinajstić information content (AvgIpc) is 3.33. The summed E-state index contributed by atoms with van der Waals surface area (Å²) in [6, 6.07) is 13.3. The number of pyridine rings is 1. The maximum absolute atomic E-state index is 13.6. The third-order valence-corrected chi connectivity index (χ3v) is 6.48. The third kappa shape index (κ3) is 4.22. The van der Waals surface area contributed by atoms with Gasteiger partial charge in [0.25, 0.3) is 5.56 Å². The van der Waals surface area contributed by atoms with Crippen LogP contribution in [0.5, 0.6) is 0 Å². The summed E-state index contributed by atoms with van der Waals surface area (Å²) in [7, 11) is 3.88. The zero-order valence-electron chi connectivity index (χ0n) is 19.0. The number of carbonyl (C=O) groups is 1. The second-order valence-electron chi connectivity index (χ2n) is 8.78. The lowest BCUT2D eigenvalue weighted by Gasteiger charge is -2.31. The fraction of sp³-hybridized carbons (Fsp3) is 0.280. The van der Waals surface area contributed by atoms with Crippen molar-refractivity contribution in [3.8, 4) is 16.9 Å². The van der Waals surface area contributed by atoms with Crippen molar-refractivity contribution in [1.29, 1.82) is 0 Å². The summed E-state index contributed by atoms with van der Waals surface area (Å²) in [5.74, 6) is -0.198. The first kappa shape index (κ1) is 22.0. The van der Waals surface area contributed by atoms with E-state index in [1.807, 2.05) is 24.3 Å². The molecule has 1 aliphatic rings. The first-order valence-corrected chi connectivity index (χ1v) is 11.2. The van der Waals surface area contributed by atoms with Crippen LogP contribution in [-0.4, -0.2) is 58.0 Å². The third-order valence-electron chi connectivity index (χ3n) is 6.48. The van der Waals surface area contributed by atoms with Gasteiger partial charge in [-0.05, 0) is 81.5 Å². The number of nitrogens with one attached hydrogen (secondary N) is 1. The first-order chi connectivity index (χ1) is 16.4. The number of H-pyrrole nitrogens is 1. The Bertz CT molecular complexity index is 1400. The van der Waals surface area contributed by atoms with Gasteiger partial charge in [0.1, 0.15) is 11.5 Å². The SMILES string of the molecule is CN1CCC(C(=O)N(C)c2ccc(-n3cc(-c4cc5cc(F)ccc5[nH]c4=O)nn3)cc2)CC1. The Balaban J connectivity index is 1.36. The second-order valence-corrected chi connectivity index (χ2v) is 8.78. The molecule has 1 amide bonds. The van der Waals surface area contributed by atoms with E-state index in [2.05, 4.69) is 27.2 Å². The molecule has 0 unspecified atom stereocenters. The molecule has 9 heteroatoms. The van der Waals surface area contributed by atoms with Crippen LogP contribution in [0, 0.1) is 11.7 Å². The predicted octanol–water partition coefficient (Wildman–Crippen LogP) is 3.22. The topological polar surface area (TPSA) is 87.1 Å². The Hall–Kier alpha value is -3.85. The lowest BCUT2D eigenvalue weighted by atomic mass is 9.95. The number of aromatic nitrogens is 4. The standard InChI is InChI=1S/C25H25FN6O2/c1-30-11-9-16(10-12-30)25(34)31(2)19-4-6-20(7-5-19)32-15-23(28-29-32)21-14-17-13-18(26)3-8-22(17)27-24(21)33/h3-8,13-16H,9-12H2,1-2H3,(H,27,33). The molecule has 1 fully saturated rings. The van der Waals surface area contributed by atoms with Crippen LogP contribution in [0.15, 0.2) is 59.5 Å². The zero-order valence-corrected chi connectivity index (χ0v) is 19.0. The molecule has 1 N–H and O–H groups in total. The molecule has 2 aromatic heterocycles. The normalized spacial score (nSPS) is 15.0. The molecule has 0 bridgehead atoms.